The first-order valence-corrected chi connectivity index (χ1v) is 9.92. The summed E-state index contributed by atoms with van der Waals surface area (Å²) >= 11 is 0. The summed E-state index contributed by atoms with van der Waals surface area (Å²) in [5.41, 5.74) is 7.95. The van der Waals surface area contributed by atoms with Crippen molar-refractivity contribution < 1.29 is 19.5 Å². The molecule has 3 N–H and O–H groups in total. The van der Waals surface area contributed by atoms with E-state index < -0.39 is 0 Å². The fraction of sp³-hybridized carbons (Fsp3) is 0.619. The Morgan fingerprint density at radius 2 is 2.08 bits per heavy atom. The van der Waals surface area contributed by atoms with Gasteiger partial charge in [0.1, 0.15) is 11.5 Å². The van der Waals surface area contributed by atoms with Gasteiger partial charge in [0.25, 0.3) is 0 Å². The Kier molecular flexibility index (Phi) is 3.48. The highest BCUT2D eigenvalue weighted by atomic mass is 16.7. The fourth-order valence-electron chi connectivity index (χ4n) is 5.89. The second-order valence-corrected chi connectivity index (χ2v) is 9.51. The third kappa shape index (κ3) is 2.14. The van der Waals surface area contributed by atoms with E-state index in [0.29, 0.717) is 11.3 Å². The SMILES string of the molecule is Cc1cccc2c(C[C@H]([NH3+])B3O[C@@H]4C[C@@H]5C[C@@H](C5(C)C)[C@]4(C)O3)coc12. The number of fused-ring (bicyclic) bond motifs is 1. The summed E-state index contributed by atoms with van der Waals surface area (Å²) in [5.74, 6) is 1.42. The van der Waals surface area contributed by atoms with Crippen LogP contribution in [0.3, 0.4) is 0 Å². The monoisotopic (exact) mass is 354 g/mol. The first-order chi connectivity index (χ1) is 12.3. The Balaban J connectivity index is 1.36. The van der Waals surface area contributed by atoms with Gasteiger partial charge in [-0.1, -0.05) is 32.0 Å². The summed E-state index contributed by atoms with van der Waals surface area (Å²) in [5, 5.41) is 1.18. The predicted octanol–water partition coefficient (Wildman–Crippen LogP) is 3.16. The van der Waals surface area contributed by atoms with E-state index in [1.165, 1.54) is 22.9 Å². The summed E-state index contributed by atoms with van der Waals surface area (Å²) in [4.78, 5) is 0. The highest BCUT2D eigenvalue weighted by Gasteiger charge is 2.68. The first-order valence-electron chi connectivity index (χ1n) is 9.92. The van der Waals surface area contributed by atoms with Crippen molar-refractivity contribution in [3.05, 3.63) is 35.6 Å². The largest absolute Gasteiger partial charge is 0.521 e. The van der Waals surface area contributed by atoms with E-state index in [4.69, 9.17) is 13.7 Å². The molecule has 2 heterocycles. The Labute approximate surface area is 155 Å². The van der Waals surface area contributed by atoms with Gasteiger partial charge in [-0.25, -0.2) is 0 Å². The molecule has 0 spiro atoms. The van der Waals surface area contributed by atoms with Crippen LogP contribution in [0.15, 0.2) is 28.9 Å². The van der Waals surface area contributed by atoms with Crippen LogP contribution in [0.1, 0.15) is 44.7 Å². The van der Waals surface area contributed by atoms with Gasteiger partial charge < -0.3 is 19.5 Å². The van der Waals surface area contributed by atoms with Gasteiger partial charge in [0, 0.05) is 17.4 Å². The molecule has 2 aromatic rings. The zero-order chi connectivity index (χ0) is 18.3. The molecule has 26 heavy (non-hydrogen) atoms. The van der Waals surface area contributed by atoms with Gasteiger partial charge in [-0.3, -0.25) is 0 Å². The first kappa shape index (κ1) is 16.8. The molecule has 1 aliphatic heterocycles. The van der Waals surface area contributed by atoms with Crippen molar-refractivity contribution in [1.29, 1.82) is 0 Å². The van der Waals surface area contributed by atoms with Gasteiger partial charge in [-0.15, -0.1) is 0 Å². The minimum atomic E-state index is -0.227. The molecule has 0 radical (unpaired) electrons. The van der Waals surface area contributed by atoms with Crippen LogP contribution in [0.2, 0.25) is 0 Å². The number of quaternary nitrogens is 1. The third-order valence-electron chi connectivity index (χ3n) is 7.71. The lowest BCUT2D eigenvalue weighted by atomic mass is 9.43. The van der Waals surface area contributed by atoms with E-state index in [0.717, 1.165) is 24.3 Å². The van der Waals surface area contributed by atoms with Crippen molar-refractivity contribution >= 4 is 18.1 Å². The van der Waals surface area contributed by atoms with E-state index >= 15 is 0 Å². The van der Waals surface area contributed by atoms with Crippen LogP contribution in [-0.2, 0) is 15.7 Å². The van der Waals surface area contributed by atoms with E-state index in [1.807, 2.05) is 6.26 Å². The van der Waals surface area contributed by atoms with Crippen molar-refractivity contribution in [3.8, 4) is 0 Å². The van der Waals surface area contributed by atoms with Crippen molar-refractivity contribution in [2.75, 3.05) is 0 Å². The second kappa shape index (κ2) is 5.37. The van der Waals surface area contributed by atoms with Crippen LogP contribution in [0.4, 0.5) is 0 Å². The van der Waals surface area contributed by atoms with Crippen molar-refractivity contribution in [2.24, 2.45) is 17.3 Å². The van der Waals surface area contributed by atoms with E-state index in [9.17, 15) is 0 Å². The van der Waals surface area contributed by atoms with Crippen molar-refractivity contribution in [1.82, 2.24) is 0 Å². The number of furan rings is 1. The molecule has 2 bridgehead atoms. The molecule has 4 fully saturated rings. The Bertz CT molecular complexity index is 862. The minimum absolute atomic E-state index is 0.0547. The fourth-order valence-corrected chi connectivity index (χ4v) is 5.89. The van der Waals surface area contributed by atoms with Gasteiger partial charge in [0.15, 0.2) is 0 Å². The van der Waals surface area contributed by atoms with Gasteiger partial charge in [-0.2, -0.15) is 0 Å². The molecule has 0 amide bonds. The molecule has 4 aliphatic rings. The molecule has 1 aromatic heterocycles. The van der Waals surface area contributed by atoms with Gasteiger partial charge in [0.2, 0.25) is 0 Å². The molecule has 138 valence electrons. The van der Waals surface area contributed by atoms with Crippen LogP contribution in [0.5, 0.6) is 0 Å². The molecule has 3 aliphatic carbocycles. The molecule has 4 nitrogen and oxygen atoms in total. The lowest BCUT2D eigenvalue weighted by Crippen LogP contribution is -2.70. The quantitative estimate of drug-likeness (QED) is 0.862. The summed E-state index contributed by atoms with van der Waals surface area (Å²) in [6, 6.07) is 6.30. The maximum Gasteiger partial charge on any atom is 0.521 e. The molecule has 5 heteroatoms. The van der Waals surface area contributed by atoms with Crippen LogP contribution in [0, 0.1) is 24.2 Å². The smallest absolute Gasteiger partial charge is 0.464 e. The minimum Gasteiger partial charge on any atom is -0.464 e. The average molecular weight is 354 g/mol. The molecule has 1 saturated heterocycles. The number of benzene rings is 1. The van der Waals surface area contributed by atoms with Crippen LogP contribution >= 0.6 is 0 Å². The second-order valence-electron chi connectivity index (χ2n) is 9.51. The topological polar surface area (TPSA) is 59.2 Å². The molecule has 6 rings (SSSR count). The normalized spacial score (nSPS) is 36.0. The third-order valence-corrected chi connectivity index (χ3v) is 7.71. The average Bonchev–Trinajstić information content (AvgIpc) is 3.16. The van der Waals surface area contributed by atoms with E-state index in [1.54, 1.807) is 0 Å². The Morgan fingerprint density at radius 1 is 1.27 bits per heavy atom. The van der Waals surface area contributed by atoms with Crippen LogP contribution < -0.4 is 5.73 Å². The van der Waals surface area contributed by atoms with Gasteiger partial charge in [-0.05, 0) is 49.5 Å². The lowest BCUT2D eigenvalue weighted by molar-refractivity contribution is -0.397. The van der Waals surface area contributed by atoms with E-state index in [2.05, 4.69) is 51.6 Å². The lowest BCUT2D eigenvalue weighted by Gasteiger charge is -2.64. The Morgan fingerprint density at radius 3 is 2.85 bits per heavy atom. The highest BCUT2D eigenvalue weighted by Crippen LogP contribution is 2.65. The summed E-state index contributed by atoms with van der Waals surface area (Å²) in [7, 11) is -0.227. The number of rotatable bonds is 3. The molecular formula is C21H29BNO3+. The molecule has 0 unspecified atom stereocenters. The highest BCUT2D eigenvalue weighted by molar-refractivity contribution is 6.46. The van der Waals surface area contributed by atoms with Gasteiger partial charge in [0.05, 0.1) is 18.0 Å². The van der Waals surface area contributed by atoms with Crippen LogP contribution in [0.25, 0.3) is 11.0 Å². The zero-order valence-corrected chi connectivity index (χ0v) is 16.2. The van der Waals surface area contributed by atoms with Crippen molar-refractivity contribution in [2.45, 2.75) is 64.6 Å². The summed E-state index contributed by atoms with van der Waals surface area (Å²) < 4.78 is 18.8. The number of hydrogen-bond donors (Lipinski definition) is 1. The maximum absolute atomic E-state index is 6.57. The molecule has 3 saturated carbocycles. The Hall–Kier alpha value is -1.30. The van der Waals surface area contributed by atoms with Gasteiger partial charge >= 0.3 is 7.12 Å². The molecule has 1 aromatic carbocycles. The number of aryl methyl sites for hydroxylation is 1. The molecule has 5 atom stereocenters. The summed E-state index contributed by atoms with van der Waals surface area (Å²) in [6.45, 7) is 9.14. The zero-order valence-electron chi connectivity index (χ0n) is 16.2. The predicted molar refractivity (Wildman–Crippen MR) is 101 cm³/mol. The van der Waals surface area contributed by atoms with E-state index in [-0.39, 0.29) is 24.8 Å². The molecular weight excluding hydrogens is 325 g/mol. The maximum atomic E-state index is 6.57. The number of hydrogen-bond acceptors (Lipinski definition) is 3. The summed E-state index contributed by atoms with van der Waals surface area (Å²) in [6.07, 6.45) is 5.30. The number of para-hydroxylation sites is 1. The van der Waals surface area contributed by atoms with Crippen LogP contribution in [-0.4, -0.2) is 24.8 Å². The van der Waals surface area contributed by atoms with Crippen molar-refractivity contribution in [3.63, 3.8) is 0 Å². The standard InChI is InChI=1S/C21H28BNO3/c1-12-6-5-7-15-13(11-24-19(12)15)8-18(23)22-25-17-10-14-9-16(20(14,2)3)21(17,4)26-22/h5-7,11,14,16-18H,8-10,23H2,1-4H3/p+1/t14-,16-,17+,18-,21-/m0/s1.